The van der Waals surface area contributed by atoms with E-state index in [1.165, 1.54) is 10.8 Å². The van der Waals surface area contributed by atoms with Gasteiger partial charge < -0.3 is 10.1 Å². The first kappa shape index (κ1) is 25.6. The fourth-order valence-corrected chi connectivity index (χ4v) is 3.90. The van der Waals surface area contributed by atoms with Crippen molar-refractivity contribution >= 4 is 12.0 Å². The molecule has 1 aromatic heterocycles. The lowest BCUT2D eigenvalue weighted by Gasteiger charge is -2.23. The number of hydrogen-bond acceptors (Lipinski definition) is 4. The maximum atomic E-state index is 13.3. The number of benzene rings is 3. The Morgan fingerprint density at radius 2 is 1.46 bits per heavy atom. The Kier molecular flexibility index (Phi) is 7.98. The predicted molar refractivity (Wildman–Crippen MR) is 146 cm³/mol. The molecule has 0 radical (unpaired) electrons. The summed E-state index contributed by atoms with van der Waals surface area (Å²) in [7, 11) is 0. The zero-order chi connectivity index (χ0) is 26.3. The number of nitrogens with zero attached hydrogens (tertiary/aromatic N) is 2. The van der Waals surface area contributed by atoms with Crippen LogP contribution in [-0.4, -0.2) is 27.4 Å². The molecule has 0 aliphatic carbocycles. The molecule has 6 nitrogen and oxygen atoms in total. The SMILES string of the molecule is CC(C)(C)OC(=O)N[C@@H](C/C=C/C(=O)n1nc(-c2ccccc2)cc1-c1ccccc1)c1ccccc1. The zero-order valence-electron chi connectivity index (χ0n) is 21.3. The van der Waals surface area contributed by atoms with Crippen LogP contribution in [0.3, 0.4) is 0 Å². The third-order valence-corrected chi connectivity index (χ3v) is 5.58. The molecule has 0 aliphatic rings. The minimum atomic E-state index is -0.610. The van der Waals surface area contributed by atoms with E-state index < -0.39 is 11.7 Å². The molecule has 1 heterocycles. The molecule has 0 saturated carbocycles. The quantitative estimate of drug-likeness (QED) is 0.280. The molecule has 6 heteroatoms. The van der Waals surface area contributed by atoms with Crippen LogP contribution in [0.1, 0.15) is 43.6 Å². The molecule has 0 spiro atoms. The summed E-state index contributed by atoms with van der Waals surface area (Å²) in [5.74, 6) is -0.273. The second-order valence-electron chi connectivity index (χ2n) is 9.64. The summed E-state index contributed by atoms with van der Waals surface area (Å²) in [6, 6.07) is 30.7. The van der Waals surface area contributed by atoms with Crippen molar-refractivity contribution in [1.82, 2.24) is 15.1 Å². The molecule has 0 bridgehead atoms. The Hall–Kier alpha value is -4.45. The number of alkyl carbamates (subject to hydrolysis) is 1. The van der Waals surface area contributed by atoms with Gasteiger partial charge >= 0.3 is 6.09 Å². The van der Waals surface area contributed by atoms with E-state index in [4.69, 9.17) is 4.74 Å². The van der Waals surface area contributed by atoms with Crippen molar-refractivity contribution in [1.29, 1.82) is 0 Å². The van der Waals surface area contributed by atoms with Crippen LogP contribution in [-0.2, 0) is 4.74 Å². The second-order valence-corrected chi connectivity index (χ2v) is 9.64. The Morgan fingerprint density at radius 3 is 2.05 bits per heavy atom. The molecule has 0 unspecified atom stereocenters. The van der Waals surface area contributed by atoms with Gasteiger partial charge in [0.1, 0.15) is 5.60 Å². The number of rotatable bonds is 7. The van der Waals surface area contributed by atoms with Gasteiger partial charge in [0.25, 0.3) is 5.91 Å². The lowest BCUT2D eigenvalue weighted by Crippen LogP contribution is -2.34. The number of nitrogens with one attached hydrogen (secondary N) is 1. The number of ether oxygens (including phenoxy) is 1. The number of hydrogen-bond donors (Lipinski definition) is 1. The van der Waals surface area contributed by atoms with Crippen LogP contribution in [0.2, 0.25) is 0 Å². The molecule has 3 aromatic carbocycles. The van der Waals surface area contributed by atoms with Gasteiger partial charge in [-0.15, -0.1) is 0 Å². The highest BCUT2D eigenvalue weighted by molar-refractivity contribution is 5.93. The summed E-state index contributed by atoms with van der Waals surface area (Å²) in [6.45, 7) is 5.46. The summed E-state index contributed by atoms with van der Waals surface area (Å²) in [6.07, 6.45) is 3.16. The minimum Gasteiger partial charge on any atom is -0.444 e. The normalized spacial score (nSPS) is 12.3. The monoisotopic (exact) mass is 493 g/mol. The highest BCUT2D eigenvalue weighted by atomic mass is 16.6. The fraction of sp³-hybridized carbons (Fsp3) is 0.194. The van der Waals surface area contributed by atoms with E-state index in [1.807, 2.05) is 118 Å². The number of carbonyl (C=O) groups is 2. The first-order valence-electron chi connectivity index (χ1n) is 12.3. The maximum Gasteiger partial charge on any atom is 0.408 e. The van der Waals surface area contributed by atoms with E-state index in [-0.39, 0.29) is 11.9 Å². The molecule has 0 fully saturated rings. The minimum absolute atomic E-state index is 0.273. The van der Waals surface area contributed by atoms with Crippen LogP contribution >= 0.6 is 0 Å². The summed E-state index contributed by atoms with van der Waals surface area (Å²) < 4.78 is 6.86. The lowest BCUT2D eigenvalue weighted by molar-refractivity contribution is 0.0504. The van der Waals surface area contributed by atoms with Crippen molar-refractivity contribution < 1.29 is 14.3 Å². The average Bonchev–Trinajstić information content (AvgIpc) is 3.34. The van der Waals surface area contributed by atoms with E-state index in [0.717, 1.165) is 22.4 Å². The summed E-state index contributed by atoms with van der Waals surface area (Å²) in [4.78, 5) is 25.8. The summed E-state index contributed by atoms with van der Waals surface area (Å²) in [5, 5.41) is 7.55. The van der Waals surface area contributed by atoms with E-state index in [0.29, 0.717) is 12.1 Å². The van der Waals surface area contributed by atoms with Gasteiger partial charge in [0.2, 0.25) is 0 Å². The molecule has 37 heavy (non-hydrogen) atoms. The molecule has 4 rings (SSSR count). The second kappa shape index (κ2) is 11.5. The topological polar surface area (TPSA) is 73.2 Å². The molecule has 4 aromatic rings. The van der Waals surface area contributed by atoms with Crippen LogP contribution < -0.4 is 5.32 Å². The molecular formula is C31H31N3O3. The molecular weight excluding hydrogens is 462 g/mol. The number of allylic oxidation sites excluding steroid dienone is 1. The molecule has 1 atom stereocenters. The van der Waals surface area contributed by atoms with Crippen LogP contribution in [0.5, 0.6) is 0 Å². The van der Waals surface area contributed by atoms with Crippen molar-refractivity contribution in [3.05, 3.63) is 115 Å². The van der Waals surface area contributed by atoms with Crippen molar-refractivity contribution in [2.75, 3.05) is 0 Å². The van der Waals surface area contributed by atoms with E-state index in [1.54, 1.807) is 6.08 Å². The van der Waals surface area contributed by atoms with Crippen molar-refractivity contribution in [2.24, 2.45) is 0 Å². The molecule has 188 valence electrons. The van der Waals surface area contributed by atoms with Crippen LogP contribution in [0.15, 0.2) is 109 Å². The van der Waals surface area contributed by atoms with Crippen LogP contribution in [0.25, 0.3) is 22.5 Å². The summed E-state index contributed by atoms with van der Waals surface area (Å²) >= 11 is 0. The highest BCUT2D eigenvalue weighted by Crippen LogP contribution is 2.26. The zero-order valence-corrected chi connectivity index (χ0v) is 21.3. The van der Waals surface area contributed by atoms with Gasteiger partial charge in [-0.1, -0.05) is 97.1 Å². The smallest absolute Gasteiger partial charge is 0.408 e. The van der Waals surface area contributed by atoms with Crippen LogP contribution in [0, 0.1) is 0 Å². The fourth-order valence-electron chi connectivity index (χ4n) is 3.90. The highest BCUT2D eigenvalue weighted by Gasteiger charge is 2.20. The standard InChI is InChI=1S/C31H31N3O3/c1-31(2,3)37-30(36)32-26(23-14-7-4-8-15-23)20-13-21-29(35)34-28(25-18-11-6-12-19-25)22-27(33-34)24-16-9-5-10-17-24/h4-19,21-22,26H,20H2,1-3H3,(H,32,36)/b21-13+/t26-/m0/s1. The molecule has 1 amide bonds. The predicted octanol–water partition coefficient (Wildman–Crippen LogP) is 7.07. The third kappa shape index (κ3) is 7.04. The summed E-state index contributed by atoms with van der Waals surface area (Å²) in [5.41, 5.74) is 3.56. The van der Waals surface area contributed by atoms with E-state index >= 15 is 0 Å². The van der Waals surface area contributed by atoms with Crippen molar-refractivity contribution in [3.8, 4) is 22.5 Å². The van der Waals surface area contributed by atoms with Gasteiger partial charge in [-0.25, -0.2) is 4.79 Å². The Labute approximate surface area is 217 Å². The Morgan fingerprint density at radius 1 is 0.892 bits per heavy atom. The van der Waals surface area contributed by atoms with Gasteiger partial charge in [-0.05, 0) is 38.8 Å². The van der Waals surface area contributed by atoms with E-state index in [2.05, 4.69) is 10.4 Å². The molecule has 0 aliphatic heterocycles. The van der Waals surface area contributed by atoms with Gasteiger partial charge in [-0.3, -0.25) is 4.79 Å². The Balaban J connectivity index is 1.57. The molecule has 1 N–H and O–H groups in total. The first-order valence-corrected chi connectivity index (χ1v) is 12.3. The Bertz CT molecular complexity index is 1360. The third-order valence-electron chi connectivity index (χ3n) is 5.58. The number of carbonyl (C=O) groups excluding carboxylic acids is 2. The largest absolute Gasteiger partial charge is 0.444 e. The molecule has 0 saturated heterocycles. The lowest BCUT2D eigenvalue weighted by atomic mass is 10.0. The van der Waals surface area contributed by atoms with Crippen molar-refractivity contribution in [3.63, 3.8) is 0 Å². The average molecular weight is 494 g/mol. The van der Waals surface area contributed by atoms with Gasteiger partial charge in [0, 0.05) is 17.2 Å². The van der Waals surface area contributed by atoms with E-state index in [9.17, 15) is 9.59 Å². The van der Waals surface area contributed by atoms with Gasteiger partial charge in [-0.2, -0.15) is 9.78 Å². The van der Waals surface area contributed by atoms with Crippen LogP contribution in [0.4, 0.5) is 4.79 Å². The first-order chi connectivity index (χ1) is 17.8. The van der Waals surface area contributed by atoms with Gasteiger partial charge in [0.15, 0.2) is 0 Å². The number of aromatic nitrogens is 2. The number of amides is 1. The maximum absolute atomic E-state index is 13.3. The van der Waals surface area contributed by atoms with Crippen molar-refractivity contribution in [2.45, 2.75) is 38.8 Å². The van der Waals surface area contributed by atoms with Gasteiger partial charge in [0.05, 0.1) is 17.4 Å².